The second kappa shape index (κ2) is 16.7. The highest BCUT2D eigenvalue weighted by atomic mass is 32.1. The van der Waals surface area contributed by atoms with Crippen molar-refractivity contribution in [2.75, 3.05) is 33.0 Å². The maximum absolute atomic E-state index is 13.7. The number of aromatic nitrogens is 1. The van der Waals surface area contributed by atoms with Gasteiger partial charge in [0.05, 0.1) is 35.4 Å². The van der Waals surface area contributed by atoms with E-state index in [4.69, 9.17) is 9.47 Å². The summed E-state index contributed by atoms with van der Waals surface area (Å²) in [5, 5.41) is 16.1. The van der Waals surface area contributed by atoms with Crippen LogP contribution in [0, 0.1) is 12.3 Å². The van der Waals surface area contributed by atoms with E-state index in [2.05, 4.69) is 22.2 Å². The summed E-state index contributed by atoms with van der Waals surface area (Å²) in [6.07, 6.45) is 4.09. The summed E-state index contributed by atoms with van der Waals surface area (Å²) in [5.74, 6) is -1.19. The Balaban J connectivity index is 1.52. The molecule has 0 aliphatic carbocycles. The molecule has 3 unspecified atom stereocenters. The Morgan fingerprint density at radius 2 is 1.88 bits per heavy atom. The Morgan fingerprint density at radius 3 is 2.53 bits per heavy atom. The topological polar surface area (TPSA) is 130 Å². The highest BCUT2D eigenvalue weighted by Crippen LogP contribution is 2.28. The molecular formula is C32H46N4O6S. The van der Waals surface area contributed by atoms with E-state index in [1.54, 1.807) is 11.3 Å². The zero-order valence-electron chi connectivity index (χ0n) is 25.8. The molecule has 3 amide bonds. The number of nitrogens with zero attached hydrogens (tertiary/aromatic N) is 2. The molecule has 1 aliphatic rings. The largest absolute Gasteiger partial charge is 0.391 e. The van der Waals surface area contributed by atoms with Crippen LogP contribution in [0.4, 0.5) is 0 Å². The number of ether oxygens (including phenoxy) is 2. The Morgan fingerprint density at radius 1 is 1.16 bits per heavy atom. The highest BCUT2D eigenvalue weighted by Gasteiger charge is 2.44. The fourth-order valence-electron chi connectivity index (χ4n) is 4.86. The lowest BCUT2D eigenvalue weighted by molar-refractivity contribution is -0.144. The fourth-order valence-corrected chi connectivity index (χ4v) is 5.67. The second-order valence-electron chi connectivity index (χ2n) is 11.9. The lowest BCUT2D eigenvalue weighted by atomic mass is 9.85. The molecule has 1 saturated heterocycles. The molecule has 0 spiro atoms. The van der Waals surface area contributed by atoms with Crippen LogP contribution < -0.4 is 10.6 Å². The molecule has 2 heterocycles. The highest BCUT2D eigenvalue weighted by molar-refractivity contribution is 7.13. The number of β-amino-alcohol motifs (C(OH)–C–C–N with tert-alkyl or cyclic N) is 1. The lowest BCUT2D eigenvalue weighted by Crippen LogP contribution is -2.58. The van der Waals surface area contributed by atoms with Crippen molar-refractivity contribution in [2.45, 2.75) is 78.1 Å². The van der Waals surface area contributed by atoms with Gasteiger partial charge in [0, 0.05) is 26.1 Å². The van der Waals surface area contributed by atoms with Crippen molar-refractivity contribution in [3.8, 4) is 10.4 Å². The molecule has 3 rings (SSSR count). The van der Waals surface area contributed by atoms with Gasteiger partial charge in [-0.3, -0.25) is 14.4 Å². The summed E-state index contributed by atoms with van der Waals surface area (Å²) in [6.45, 7) is 12.5. The monoisotopic (exact) mass is 614 g/mol. The second-order valence-corrected chi connectivity index (χ2v) is 12.7. The average Bonchev–Trinajstić information content (AvgIpc) is 3.58. The number of aliphatic hydroxyl groups is 1. The third-order valence-electron chi connectivity index (χ3n) is 7.26. The quantitative estimate of drug-likeness (QED) is 0.195. The summed E-state index contributed by atoms with van der Waals surface area (Å²) in [5.41, 5.74) is 4.12. The first-order chi connectivity index (χ1) is 20.5. The van der Waals surface area contributed by atoms with E-state index < -0.39 is 35.4 Å². The predicted octanol–water partition coefficient (Wildman–Crippen LogP) is 3.62. The maximum Gasteiger partial charge on any atom is 0.246 e. The van der Waals surface area contributed by atoms with Gasteiger partial charge < -0.3 is 30.1 Å². The van der Waals surface area contributed by atoms with E-state index >= 15 is 0 Å². The first kappa shape index (κ1) is 34.4. The third-order valence-corrected chi connectivity index (χ3v) is 8.24. The molecule has 1 fully saturated rings. The minimum atomic E-state index is -0.909. The number of hydrogen-bond acceptors (Lipinski definition) is 8. The van der Waals surface area contributed by atoms with Gasteiger partial charge in [-0.15, -0.1) is 17.9 Å². The molecule has 3 atom stereocenters. The van der Waals surface area contributed by atoms with Crippen LogP contribution in [0.15, 0.2) is 42.4 Å². The number of carbonyl (C=O) groups is 3. The van der Waals surface area contributed by atoms with Crippen LogP contribution in [0.3, 0.4) is 0 Å². The van der Waals surface area contributed by atoms with Gasteiger partial charge in [0.2, 0.25) is 17.7 Å². The van der Waals surface area contributed by atoms with Gasteiger partial charge >= 0.3 is 0 Å². The number of allylic oxidation sites excluding steroid dienone is 1. The molecule has 1 aromatic carbocycles. The van der Waals surface area contributed by atoms with E-state index in [0.29, 0.717) is 13.2 Å². The zero-order valence-corrected chi connectivity index (χ0v) is 26.6. The van der Waals surface area contributed by atoms with E-state index in [9.17, 15) is 19.5 Å². The summed E-state index contributed by atoms with van der Waals surface area (Å²) in [6, 6.07) is 6.14. The molecule has 43 heavy (non-hydrogen) atoms. The van der Waals surface area contributed by atoms with Gasteiger partial charge in [-0.05, 0) is 42.7 Å². The van der Waals surface area contributed by atoms with Crippen molar-refractivity contribution >= 4 is 29.1 Å². The smallest absolute Gasteiger partial charge is 0.246 e. The number of carbonyl (C=O) groups excluding carboxylic acids is 3. The van der Waals surface area contributed by atoms with Crippen molar-refractivity contribution in [3.05, 3.63) is 53.7 Å². The number of unbranched alkanes of at least 4 members (excludes halogenated alkanes) is 2. The lowest BCUT2D eigenvalue weighted by Gasteiger charge is -2.35. The van der Waals surface area contributed by atoms with Gasteiger partial charge in [0.25, 0.3) is 0 Å². The van der Waals surface area contributed by atoms with Gasteiger partial charge in [0.15, 0.2) is 0 Å². The SMILES string of the molecule is C=CCCCCOCCOCC(=O)NC(C(=O)N1CC(O)CC1C(=O)NCc1ccc(-c2scnc2C)cc1)C(C)(C)C. The Bertz CT molecular complexity index is 1210. The molecule has 1 aromatic heterocycles. The van der Waals surface area contributed by atoms with Crippen molar-refractivity contribution < 1.29 is 29.0 Å². The van der Waals surface area contributed by atoms with Crippen molar-refractivity contribution in [3.63, 3.8) is 0 Å². The number of thiazole rings is 1. The molecule has 236 valence electrons. The molecule has 10 nitrogen and oxygen atoms in total. The number of nitrogens with one attached hydrogen (secondary N) is 2. The first-order valence-corrected chi connectivity index (χ1v) is 15.7. The molecule has 0 saturated carbocycles. The molecule has 2 aromatic rings. The van der Waals surface area contributed by atoms with E-state index in [0.717, 1.165) is 41.0 Å². The summed E-state index contributed by atoms with van der Waals surface area (Å²) in [7, 11) is 0. The number of likely N-dealkylation sites (tertiary alicyclic amines) is 1. The van der Waals surface area contributed by atoms with Crippen LogP contribution in [0.2, 0.25) is 0 Å². The van der Waals surface area contributed by atoms with Crippen molar-refractivity contribution in [1.82, 2.24) is 20.5 Å². The molecule has 3 N–H and O–H groups in total. The summed E-state index contributed by atoms with van der Waals surface area (Å²) < 4.78 is 10.9. The number of rotatable bonds is 16. The van der Waals surface area contributed by atoms with Gasteiger partial charge in [-0.25, -0.2) is 4.98 Å². The minimum Gasteiger partial charge on any atom is -0.391 e. The molecule has 0 radical (unpaired) electrons. The number of aliphatic hydroxyl groups excluding tert-OH is 1. The molecule has 0 bridgehead atoms. The summed E-state index contributed by atoms with van der Waals surface area (Å²) >= 11 is 1.58. The maximum atomic E-state index is 13.7. The van der Waals surface area contributed by atoms with Crippen molar-refractivity contribution in [2.24, 2.45) is 5.41 Å². The van der Waals surface area contributed by atoms with Crippen LogP contribution in [-0.2, 0) is 30.4 Å². The van der Waals surface area contributed by atoms with Crippen LogP contribution in [-0.4, -0.2) is 83.9 Å². The standard InChI is InChI=1S/C32H46N4O6S/c1-6-7-8-9-14-41-15-16-42-20-27(38)35-29(32(3,4)5)31(40)36-19-25(37)17-26(36)30(39)33-18-23-10-12-24(13-11-23)28-22(2)34-21-43-28/h6,10-13,21,25-26,29,37H,1,7-9,14-20H2,2-5H3,(H,33,39)(H,35,38). The third kappa shape index (κ3) is 10.5. The van der Waals surface area contributed by atoms with Gasteiger partial charge in [-0.1, -0.05) is 51.1 Å². The average molecular weight is 615 g/mol. The van der Waals surface area contributed by atoms with Gasteiger partial charge in [-0.2, -0.15) is 0 Å². The van der Waals surface area contributed by atoms with E-state index in [1.165, 1.54) is 4.90 Å². The number of amides is 3. The van der Waals surface area contributed by atoms with Crippen LogP contribution in [0.5, 0.6) is 0 Å². The minimum absolute atomic E-state index is 0.0168. The molecule has 1 aliphatic heterocycles. The number of aryl methyl sites for hydroxylation is 1. The molecular weight excluding hydrogens is 568 g/mol. The Labute approximate surface area is 258 Å². The van der Waals surface area contributed by atoms with Crippen LogP contribution in [0.1, 0.15) is 57.7 Å². The molecule has 11 heteroatoms. The fraction of sp³-hybridized carbons (Fsp3) is 0.562. The summed E-state index contributed by atoms with van der Waals surface area (Å²) in [4.78, 5) is 46.4. The normalized spacial score (nSPS) is 17.5. The van der Waals surface area contributed by atoms with E-state index in [-0.39, 0.29) is 38.6 Å². The Hall–Kier alpha value is -3.12. The van der Waals surface area contributed by atoms with Crippen molar-refractivity contribution in [1.29, 1.82) is 0 Å². The Kier molecular flexibility index (Phi) is 13.3. The zero-order chi connectivity index (χ0) is 31.4. The van der Waals surface area contributed by atoms with E-state index in [1.807, 2.05) is 63.5 Å². The predicted molar refractivity (Wildman–Crippen MR) is 167 cm³/mol. The van der Waals surface area contributed by atoms with Crippen LogP contribution >= 0.6 is 11.3 Å². The van der Waals surface area contributed by atoms with Gasteiger partial charge in [0.1, 0.15) is 18.7 Å². The number of benzene rings is 1. The van der Waals surface area contributed by atoms with Crippen LogP contribution in [0.25, 0.3) is 10.4 Å². The number of hydrogen-bond donors (Lipinski definition) is 3. The first-order valence-electron chi connectivity index (χ1n) is 14.8.